The molecule has 4 aliphatic rings. The van der Waals surface area contributed by atoms with Crippen LogP contribution in [-0.2, 0) is 33.3 Å². The number of esters is 3. The highest BCUT2D eigenvalue weighted by molar-refractivity contribution is 7.12. The number of ketones is 1. The van der Waals surface area contributed by atoms with Crippen molar-refractivity contribution in [2.45, 2.75) is 122 Å². The summed E-state index contributed by atoms with van der Waals surface area (Å²) in [7, 11) is 0. The monoisotopic (exact) mass is 797 g/mol. The van der Waals surface area contributed by atoms with Crippen LogP contribution in [-0.4, -0.2) is 110 Å². The smallest absolute Gasteiger partial charge is 0.338 e. The highest BCUT2D eigenvalue weighted by Crippen LogP contribution is 2.64. The van der Waals surface area contributed by atoms with Crippen LogP contribution < -0.4 is 5.32 Å². The third-order valence-corrected chi connectivity index (χ3v) is 13.6. The van der Waals surface area contributed by atoms with E-state index >= 15 is 0 Å². The Morgan fingerprint density at radius 3 is 2.23 bits per heavy atom. The van der Waals surface area contributed by atoms with Crippen LogP contribution in [0.15, 0.2) is 59.0 Å². The number of rotatable bonds is 8. The molecule has 1 aromatic heterocycles. The van der Waals surface area contributed by atoms with Gasteiger partial charge < -0.3 is 44.7 Å². The molecule has 2 saturated carbocycles. The van der Waals surface area contributed by atoms with E-state index in [0.29, 0.717) is 4.88 Å². The topological polar surface area (TPSA) is 215 Å². The molecule has 0 radical (unpaired) electrons. The number of carbonyl (C=O) groups is 5. The molecule has 56 heavy (non-hydrogen) atoms. The summed E-state index contributed by atoms with van der Waals surface area (Å²) in [5.41, 5.74) is -8.26. The van der Waals surface area contributed by atoms with Crippen LogP contribution in [0.3, 0.4) is 0 Å². The van der Waals surface area contributed by atoms with Crippen molar-refractivity contribution < 1.29 is 63.3 Å². The standard InChI is InChI=1S/C41H51NO13S/c1-20-23(53-36(50)29(46)31(37(3,4)5)42-34(48)24-15-12-16-56-24)18-41(51)33(54-35(49)22-13-10-9-11-14-22)30-39(8,32(47)28(45)27(20)38(41,6)7)25(44)17-26-40(30,19-52-26)55-21(2)43/h9-16,23,25-26,28-31,33,44-46,51H,17-19H2,1-8H3,(H,42,48)/t23-,25-,26+,28+,29+,30-,31+,33-,39+,40-,41+/m0/s1. The van der Waals surface area contributed by atoms with Gasteiger partial charge in [0.05, 0.1) is 40.5 Å². The van der Waals surface area contributed by atoms with Gasteiger partial charge in [-0.2, -0.15) is 0 Å². The van der Waals surface area contributed by atoms with Gasteiger partial charge in [-0.25, -0.2) is 9.59 Å². The van der Waals surface area contributed by atoms with Crippen LogP contribution in [0.4, 0.5) is 0 Å². The van der Waals surface area contributed by atoms with E-state index in [1.165, 1.54) is 37.3 Å². The molecule has 2 heterocycles. The predicted octanol–water partition coefficient (Wildman–Crippen LogP) is 2.90. The number of aliphatic hydroxyl groups is 4. The maximum atomic E-state index is 14.9. The predicted molar refractivity (Wildman–Crippen MR) is 200 cm³/mol. The summed E-state index contributed by atoms with van der Waals surface area (Å²) < 4.78 is 24.1. The van der Waals surface area contributed by atoms with Crippen molar-refractivity contribution in [1.82, 2.24) is 5.32 Å². The number of hydrogen-bond acceptors (Lipinski definition) is 14. The highest BCUT2D eigenvalue weighted by Gasteiger charge is 2.78. The molecule has 304 valence electrons. The Morgan fingerprint density at radius 1 is 1.02 bits per heavy atom. The van der Waals surface area contributed by atoms with Crippen LogP contribution >= 0.6 is 11.3 Å². The van der Waals surface area contributed by atoms with Gasteiger partial charge in [0.25, 0.3) is 5.91 Å². The lowest BCUT2D eigenvalue weighted by Gasteiger charge is -2.67. The summed E-state index contributed by atoms with van der Waals surface area (Å²) in [4.78, 5) is 69.2. The second-order valence-electron chi connectivity index (χ2n) is 17.3. The third kappa shape index (κ3) is 6.49. The lowest BCUT2D eigenvalue weighted by molar-refractivity contribution is -0.346. The molecule has 2 aromatic rings. The van der Waals surface area contributed by atoms with Gasteiger partial charge >= 0.3 is 17.9 Å². The van der Waals surface area contributed by atoms with Gasteiger partial charge in [0, 0.05) is 25.2 Å². The summed E-state index contributed by atoms with van der Waals surface area (Å²) in [5.74, 6) is -5.74. The Hall–Kier alpha value is -3.99. The molecular weight excluding hydrogens is 747 g/mol. The van der Waals surface area contributed by atoms with E-state index in [1.807, 2.05) is 0 Å². The summed E-state index contributed by atoms with van der Waals surface area (Å²) in [6.45, 7) is 12.1. The highest BCUT2D eigenvalue weighted by atomic mass is 32.1. The fourth-order valence-electron chi connectivity index (χ4n) is 9.51. The van der Waals surface area contributed by atoms with Crippen molar-refractivity contribution in [3.05, 3.63) is 69.4 Å². The van der Waals surface area contributed by atoms with Gasteiger partial charge in [0.1, 0.15) is 30.0 Å². The number of nitrogens with one attached hydrogen (secondary N) is 1. The van der Waals surface area contributed by atoms with Crippen molar-refractivity contribution >= 4 is 40.9 Å². The minimum atomic E-state index is -2.32. The summed E-state index contributed by atoms with van der Waals surface area (Å²) in [6, 6.07) is 10.0. The molecule has 1 aromatic carbocycles. The third-order valence-electron chi connectivity index (χ3n) is 12.7. The number of Topliss-reactive ketones (excluding diaryl/α,β-unsaturated/α-hetero) is 1. The number of hydrogen-bond donors (Lipinski definition) is 5. The Morgan fingerprint density at radius 2 is 1.68 bits per heavy atom. The maximum absolute atomic E-state index is 14.9. The lowest BCUT2D eigenvalue weighted by atomic mass is 9.44. The van der Waals surface area contributed by atoms with Gasteiger partial charge in [-0.1, -0.05) is 58.9 Å². The molecule has 1 saturated heterocycles. The van der Waals surface area contributed by atoms with E-state index in [2.05, 4.69) is 5.32 Å². The fourth-order valence-corrected chi connectivity index (χ4v) is 10.1. The number of aliphatic hydroxyl groups excluding tert-OH is 3. The van der Waals surface area contributed by atoms with Crippen LogP contribution in [0.5, 0.6) is 0 Å². The van der Waals surface area contributed by atoms with Crippen molar-refractivity contribution in [3.8, 4) is 0 Å². The van der Waals surface area contributed by atoms with Gasteiger partial charge in [-0.15, -0.1) is 11.3 Å². The number of fused-ring (bicyclic) bond motifs is 5. The molecular formula is C41H51NO13S. The van der Waals surface area contributed by atoms with E-state index in [4.69, 9.17) is 18.9 Å². The number of benzene rings is 1. The average Bonchev–Trinajstić information content (AvgIpc) is 3.67. The normalized spacial score (nSPS) is 34.6. The number of ether oxygens (including phenoxy) is 4. The molecule has 1 amide bonds. The van der Waals surface area contributed by atoms with E-state index in [9.17, 15) is 44.4 Å². The molecule has 5 N–H and O–H groups in total. The van der Waals surface area contributed by atoms with Gasteiger partial charge in [0.2, 0.25) is 0 Å². The number of amides is 1. The van der Waals surface area contributed by atoms with Crippen LogP contribution in [0.1, 0.15) is 88.3 Å². The zero-order valence-corrected chi connectivity index (χ0v) is 33.5. The minimum absolute atomic E-state index is 0.0388. The summed E-state index contributed by atoms with van der Waals surface area (Å²) in [6.07, 6.45) is -10.3. The first kappa shape index (κ1) is 41.6. The van der Waals surface area contributed by atoms with Crippen molar-refractivity contribution in [2.24, 2.45) is 22.2 Å². The first-order valence-electron chi connectivity index (χ1n) is 18.7. The minimum Gasteiger partial charge on any atom is -0.456 e. The fraction of sp³-hybridized carbons (Fsp3) is 0.585. The zero-order chi connectivity index (χ0) is 41.3. The van der Waals surface area contributed by atoms with E-state index in [0.717, 1.165) is 6.92 Å². The van der Waals surface area contributed by atoms with Crippen LogP contribution in [0, 0.1) is 22.2 Å². The van der Waals surface area contributed by atoms with Crippen LogP contribution in [0.2, 0.25) is 0 Å². The Labute approximate surface area is 329 Å². The molecule has 15 heteroatoms. The lowest BCUT2D eigenvalue weighted by Crippen LogP contribution is -2.81. The molecule has 14 nitrogen and oxygen atoms in total. The van der Waals surface area contributed by atoms with Crippen molar-refractivity contribution in [3.63, 3.8) is 0 Å². The zero-order valence-electron chi connectivity index (χ0n) is 32.7. The first-order chi connectivity index (χ1) is 26.0. The molecule has 11 atom stereocenters. The molecule has 0 unspecified atom stereocenters. The van der Waals surface area contributed by atoms with E-state index in [1.54, 1.807) is 70.3 Å². The quantitative estimate of drug-likeness (QED) is 0.148. The van der Waals surface area contributed by atoms with E-state index < -0.39 is 112 Å². The molecule has 0 spiro atoms. The first-order valence-corrected chi connectivity index (χ1v) is 19.5. The average molecular weight is 798 g/mol. The Balaban J connectivity index is 1.49. The maximum Gasteiger partial charge on any atom is 0.338 e. The number of thiophene rings is 1. The molecule has 3 fully saturated rings. The Bertz CT molecular complexity index is 1920. The number of carbonyl (C=O) groups excluding carboxylic acids is 5. The second kappa shape index (κ2) is 14.4. The van der Waals surface area contributed by atoms with Crippen molar-refractivity contribution in [2.75, 3.05) is 6.61 Å². The molecule has 2 bridgehead atoms. The van der Waals surface area contributed by atoms with E-state index in [-0.39, 0.29) is 29.7 Å². The van der Waals surface area contributed by atoms with Gasteiger partial charge in [-0.05, 0) is 54.0 Å². The summed E-state index contributed by atoms with van der Waals surface area (Å²) in [5, 5.41) is 53.3. The SMILES string of the molecule is CC(=O)O[C@@]12CO[C@@H]1C[C@H](O)[C@@]1(C)C(=O)[C@H](O)C3=C(C)[C@@H](OC(=O)[C@H](O)[C@@H](NC(=O)c4cccs4)C(C)(C)C)C[C@@](O)([C@@H](OC(=O)c4ccccc4)[C@H]21)C3(C)C. The molecule has 6 rings (SSSR count). The largest absolute Gasteiger partial charge is 0.456 e. The molecule has 1 aliphatic heterocycles. The van der Waals surface area contributed by atoms with Crippen molar-refractivity contribution in [1.29, 1.82) is 0 Å². The second-order valence-corrected chi connectivity index (χ2v) is 18.3. The summed E-state index contributed by atoms with van der Waals surface area (Å²) >= 11 is 1.18. The van der Waals surface area contributed by atoms with Gasteiger partial charge in [-0.3, -0.25) is 14.4 Å². The van der Waals surface area contributed by atoms with Gasteiger partial charge in [0.15, 0.2) is 17.5 Å². The van der Waals surface area contributed by atoms with Crippen LogP contribution in [0.25, 0.3) is 0 Å². The molecule has 3 aliphatic carbocycles. The Kier molecular flexibility index (Phi) is 10.7.